The molecule has 8 nitrogen and oxygen atoms in total. The van der Waals surface area contributed by atoms with E-state index in [1.54, 1.807) is 24.3 Å². The van der Waals surface area contributed by atoms with Crippen LogP contribution in [0.25, 0.3) is 0 Å². The van der Waals surface area contributed by atoms with Crippen LogP contribution in [-0.2, 0) is 0 Å². The summed E-state index contributed by atoms with van der Waals surface area (Å²) in [6, 6.07) is 4.63. The molecule has 2 atom stereocenters. The van der Waals surface area contributed by atoms with E-state index in [9.17, 15) is 10.2 Å². The molecule has 0 aliphatic rings. The summed E-state index contributed by atoms with van der Waals surface area (Å²) in [6.45, 7) is 0. The van der Waals surface area contributed by atoms with Gasteiger partial charge in [0, 0.05) is 0 Å². The van der Waals surface area contributed by atoms with Gasteiger partial charge in [-0.25, -0.2) is 0 Å². The number of aliphatic hydroxyl groups excluding tert-OH is 2. The zero-order chi connectivity index (χ0) is 16.4. The van der Waals surface area contributed by atoms with E-state index in [0.717, 1.165) is 0 Å². The van der Waals surface area contributed by atoms with E-state index in [0.29, 0.717) is 0 Å². The number of allylic oxidation sites excluding steroid dienone is 2. The molecular weight excluding hydrogens is 272 g/mol. The van der Waals surface area contributed by atoms with Crippen LogP contribution in [0.2, 0.25) is 0 Å². The van der Waals surface area contributed by atoms with Crippen molar-refractivity contribution in [1.82, 2.24) is 10.6 Å². The Hall–Kier alpha value is -3.04. The maximum absolute atomic E-state index is 9.86. The van der Waals surface area contributed by atoms with Gasteiger partial charge in [-0.1, -0.05) is 0 Å². The molecule has 0 radical (unpaired) electrons. The molecule has 4 N–H and O–H groups in total. The first-order valence-electron chi connectivity index (χ1n) is 5.81. The van der Waals surface area contributed by atoms with Crippen molar-refractivity contribution in [3.05, 3.63) is 22.7 Å². The number of hydrogen-bond acceptors (Lipinski definition) is 8. The van der Waals surface area contributed by atoms with Gasteiger partial charge in [0.05, 0.1) is 12.1 Å². The Labute approximate surface area is 122 Å². The number of likely N-dealkylation sites (N-methyl/N-ethyl adjacent to an activating group) is 2. The number of hydrogen-bond donors (Lipinski definition) is 4. The summed E-state index contributed by atoms with van der Waals surface area (Å²) in [6.07, 6.45) is 0.0182. The van der Waals surface area contributed by atoms with Crippen LogP contribution in [0.4, 0.5) is 0 Å². The van der Waals surface area contributed by atoms with Gasteiger partial charge in [0.25, 0.3) is 0 Å². The van der Waals surface area contributed by atoms with Crippen molar-refractivity contribution >= 4 is 0 Å². The highest BCUT2D eigenvalue weighted by Crippen LogP contribution is 2.15. The van der Waals surface area contributed by atoms with Crippen LogP contribution in [0, 0.1) is 45.3 Å². The molecule has 108 valence electrons. The smallest absolute Gasteiger partial charge is 0.168 e. The van der Waals surface area contributed by atoms with Crippen LogP contribution < -0.4 is 10.6 Å². The first kappa shape index (κ1) is 18.0. The maximum Gasteiger partial charge on any atom is 0.168 e. The first-order valence-corrected chi connectivity index (χ1v) is 5.81. The molecule has 0 aromatic rings. The molecular formula is C13H14N6O2. The second-order valence-electron chi connectivity index (χ2n) is 3.89. The highest BCUT2D eigenvalue weighted by atomic mass is 16.3. The lowest BCUT2D eigenvalue weighted by Crippen LogP contribution is -2.38. The lowest BCUT2D eigenvalue weighted by molar-refractivity contribution is 0.291. The van der Waals surface area contributed by atoms with Crippen LogP contribution in [0.1, 0.15) is 6.42 Å². The molecule has 0 aliphatic heterocycles. The maximum atomic E-state index is 9.86. The van der Waals surface area contributed by atoms with Crippen molar-refractivity contribution in [3.63, 3.8) is 0 Å². The Bertz CT molecular complexity index is 523. The highest BCUT2D eigenvalue weighted by Gasteiger charge is 2.24. The number of nitrogens with zero attached hydrogens (tertiary/aromatic N) is 4. The van der Waals surface area contributed by atoms with Gasteiger partial charge in [0.2, 0.25) is 0 Å². The monoisotopic (exact) mass is 286 g/mol. The van der Waals surface area contributed by atoms with Gasteiger partial charge in [-0.05, 0) is 20.5 Å². The Morgan fingerprint density at radius 2 is 1.10 bits per heavy atom. The lowest BCUT2D eigenvalue weighted by atomic mass is 9.99. The fourth-order valence-corrected chi connectivity index (χ4v) is 1.60. The van der Waals surface area contributed by atoms with Crippen molar-refractivity contribution in [3.8, 4) is 24.3 Å². The minimum absolute atomic E-state index is 0.0182. The molecule has 0 bridgehead atoms. The van der Waals surface area contributed by atoms with Crippen LogP contribution in [0.5, 0.6) is 0 Å². The van der Waals surface area contributed by atoms with E-state index in [1.165, 1.54) is 14.1 Å². The van der Waals surface area contributed by atoms with Crippen molar-refractivity contribution in [2.75, 3.05) is 14.1 Å². The normalized spacial score (nSPS) is 11.7. The summed E-state index contributed by atoms with van der Waals surface area (Å²) in [5.41, 5.74) is -0.901. The molecule has 8 heteroatoms. The topological polar surface area (TPSA) is 160 Å². The Kier molecular flexibility index (Phi) is 7.66. The highest BCUT2D eigenvalue weighted by molar-refractivity contribution is 5.41. The van der Waals surface area contributed by atoms with E-state index < -0.39 is 34.7 Å². The summed E-state index contributed by atoms with van der Waals surface area (Å²) in [5.74, 6) is -0.933. The molecule has 2 unspecified atom stereocenters. The lowest BCUT2D eigenvalue weighted by Gasteiger charge is -2.22. The number of nitriles is 4. The van der Waals surface area contributed by atoms with Crippen molar-refractivity contribution < 1.29 is 10.2 Å². The van der Waals surface area contributed by atoms with Crippen molar-refractivity contribution in [2.45, 2.75) is 18.5 Å². The Morgan fingerprint density at radius 3 is 1.29 bits per heavy atom. The summed E-state index contributed by atoms with van der Waals surface area (Å²) >= 11 is 0. The second-order valence-corrected chi connectivity index (χ2v) is 3.89. The third-order valence-corrected chi connectivity index (χ3v) is 2.79. The van der Waals surface area contributed by atoms with Gasteiger partial charge in [0.15, 0.2) is 11.1 Å². The molecule has 0 heterocycles. The molecule has 0 aromatic heterocycles. The quantitative estimate of drug-likeness (QED) is 0.399. The van der Waals surface area contributed by atoms with E-state index in [2.05, 4.69) is 10.6 Å². The minimum atomic E-state index is -0.808. The van der Waals surface area contributed by atoms with Crippen LogP contribution in [0.3, 0.4) is 0 Å². The Balaban J connectivity index is 5.52. The van der Waals surface area contributed by atoms with Crippen LogP contribution in [0.15, 0.2) is 22.7 Å². The molecule has 0 saturated carbocycles. The summed E-state index contributed by atoms with van der Waals surface area (Å²) in [4.78, 5) is 0. The third-order valence-electron chi connectivity index (χ3n) is 2.79. The van der Waals surface area contributed by atoms with Crippen molar-refractivity contribution in [1.29, 1.82) is 21.0 Å². The SMILES string of the molecule is CNC(CC(NC)C(O)=C(C#N)C#N)C(O)=C(C#N)C#N. The number of rotatable bonds is 6. The van der Waals surface area contributed by atoms with E-state index in [4.69, 9.17) is 21.0 Å². The molecule has 0 amide bonds. The average molecular weight is 286 g/mol. The number of nitrogens with one attached hydrogen (secondary N) is 2. The second kappa shape index (κ2) is 8.96. The molecule has 0 saturated heterocycles. The first-order chi connectivity index (χ1) is 10.00. The van der Waals surface area contributed by atoms with Gasteiger partial charge in [-0.3, -0.25) is 0 Å². The van der Waals surface area contributed by atoms with E-state index in [-0.39, 0.29) is 6.42 Å². The minimum Gasteiger partial charge on any atom is -0.508 e. The molecule has 0 rings (SSSR count). The van der Waals surface area contributed by atoms with Crippen molar-refractivity contribution in [2.24, 2.45) is 0 Å². The Morgan fingerprint density at radius 1 is 0.810 bits per heavy atom. The molecule has 0 fully saturated rings. The predicted molar refractivity (Wildman–Crippen MR) is 72.1 cm³/mol. The fourth-order valence-electron chi connectivity index (χ4n) is 1.60. The van der Waals surface area contributed by atoms with E-state index >= 15 is 0 Å². The average Bonchev–Trinajstić information content (AvgIpc) is 2.50. The van der Waals surface area contributed by atoms with E-state index in [1.807, 2.05) is 0 Å². The van der Waals surface area contributed by atoms with Crippen LogP contribution in [-0.4, -0.2) is 36.4 Å². The van der Waals surface area contributed by atoms with Gasteiger partial charge in [-0.15, -0.1) is 0 Å². The van der Waals surface area contributed by atoms with Gasteiger partial charge >= 0.3 is 0 Å². The molecule has 0 aromatic carbocycles. The summed E-state index contributed by atoms with van der Waals surface area (Å²) < 4.78 is 0. The summed E-state index contributed by atoms with van der Waals surface area (Å²) in [7, 11) is 2.99. The number of aliphatic hydroxyl groups is 2. The zero-order valence-electron chi connectivity index (χ0n) is 11.5. The predicted octanol–water partition coefficient (Wildman–Crippen LogP) is 0.271. The standard InChI is InChI=1S/C13H14N6O2/c1-18-10(12(20)8(4-14)5-15)3-11(19-2)13(21)9(6-16)7-17/h10-11,18-21H,3H2,1-2H3. The summed E-state index contributed by atoms with van der Waals surface area (Å²) in [5, 5.41) is 60.0. The van der Waals surface area contributed by atoms with Gasteiger partial charge in [-0.2, -0.15) is 21.0 Å². The molecule has 0 spiro atoms. The van der Waals surface area contributed by atoms with Crippen LogP contribution >= 0.6 is 0 Å². The van der Waals surface area contributed by atoms with Gasteiger partial charge < -0.3 is 20.8 Å². The fraction of sp³-hybridized carbons (Fsp3) is 0.385. The zero-order valence-corrected chi connectivity index (χ0v) is 11.5. The van der Waals surface area contributed by atoms with Gasteiger partial charge in [0.1, 0.15) is 35.8 Å². The molecule has 0 aliphatic carbocycles. The largest absolute Gasteiger partial charge is 0.508 e. The molecule has 21 heavy (non-hydrogen) atoms. The third kappa shape index (κ3) is 4.53.